The van der Waals surface area contributed by atoms with Gasteiger partial charge in [-0.2, -0.15) is 0 Å². The quantitative estimate of drug-likeness (QED) is 0.354. The van der Waals surface area contributed by atoms with Gasteiger partial charge >= 0.3 is 0 Å². The van der Waals surface area contributed by atoms with E-state index in [0.717, 1.165) is 29.9 Å². The molecule has 36 heavy (non-hydrogen) atoms. The summed E-state index contributed by atoms with van der Waals surface area (Å²) in [5.74, 6) is -3.71. The van der Waals surface area contributed by atoms with Crippen LogP contribution in [0.4, 0.5) is 13.2 Å². The van der Waals surface area contributed by atoms with E-state index in [9.17, 15) is 18.0 Å². The van der Waals surface area contributed by atoms with Gasteiger partial charge in [-0.1, -0.05) is 6.07 Å². The van der Waals surface area contributed by atoms with E-state index in [0.29, 0.717) is 24.2 Å². The largest absolute Gasteiger partial charge is 0.495 e. The van der Waals surface area contributed by atoms with Gasteiger partial charge in [0.1, 0.15) is 11.9 Å². The Kier molecular flexibility index (Phi) is 6.24. The van der Waals surface area contributed by atoms with Gasteiger partial charge in [0.05, 0.1) is 36.9 Å². The smallest absolute Gasteiger partial charge is 0.289 e. The normalized spacial score (nSPS) is 22.9. The number of piperidine rings is 1. The lowest BCUT2D eigenvalue weighted by Crippen LogP contribution is -2.55. The van der Waals surface area contributed by atoms with Crippen LogP contribution < -0.4 is 4.74 Å². The summed E-state index contributed by atoms with van der Waals surface area (Å²) < 4.78 is 55.0. The van der Waals surface area contributed by atoms with Gasteiger partial charge in [-0.15, -0.1) is 0 Å². The molecule has 2 aromatic carbocycles. The first-order valence-corrected chi connectivity index (χ1v) is 11.8. The first-order chi connectivity index (χ1) is 17.3. The first kappa shape index (κ1) is 24.0. The van der Waals surface area contributed by atoms with Crippen LogP contribution in [0.1, 0.15) is 49.0 Å². The fraction of sp³-hybridized carbons (Fsp3) is 0.333. The molecular formula is C27H26F3N3O3. The van der Waals surface area contributed by atoms with Crippen molar-refractivity contribution in [3.63, 3.8) is 0 Å². The molecule has 0 radical (unpaired) electrons. The molecule has 0 bridgehead atoms. The van der Waals surface area contributed by atoms with Crippen molar-refractivity contribution in [2.45, 2.75) is 51.3 Å². The average molecular weight is 498 g/mol. The molecule has 2 aliphatic heterocycles. The molecule has 0 spiro atoms. The number of carbonyl (C=O) groups is 1. The van der Waals surface area contributed by atoms with E-state index in [-0.39, 0.29) is 29.4 Å². The summed E-state index contributed by atoms with van der Waals surface area (Å²) in [6, 6.07) is 6.60. The molecule has 2 saturated heterocycles. The molecule has 0 unspecified atom stereocenters. The molecule has 3 atom stereocenters. The molecule has 2 aliphatic rings. The van der Waals surface area contributed by atoms with Crippen LogP contribution in [0.15, 0.2) is 48.6 Å². The molecule has 6 nitrogen and oxygen atoms in total. The number of morpholine rings is 1. The monoisotopic (exact) mass is 497 g/mol. The SMILES string of the molecule is COc1cc(/C=C2/O[C@H](C)[C@H]3CCC[C@@H](c4cc(F)c(F)c(F)c4)N3C2=O)ccc1-n1cnc(C)c1. The van der Waals surface area contributed by atoms with E-state index in [2.05, 4.69) is 4.98 Å². The highest BCUT2D eigenvalue weighted by Gasteiger charge is 2.44. The molecular weight excluding hydrogens is 471 g/mol. The predicted octanol–water partition coefficient (Wildman–Crippen LogP) is 5.49. The van der Waals surface area contributed by atoms with E-state index in [1.165, 1.54) is 0 Å². The second-order valence-corrected chi connectivity index (χ2v) is 9.21. The van der Waals surface area contributed by atoms with Gasteiger partial charge in [0, 0.05) is 6.20 Å². The second kappa shape index (κ2) is 9.37. The van der Waals surface area contributed by atoms with Crippen molar-refractivity contribution in [3.05, 3.63) is 82.9 Å². The number of fused-ring (bicyclic) bond motifs is 1. The number of hydrogen-bond acceptors (Lipinski definition) is 4. The lowest BCUT2D eigenvalue weighted by atomic mass is 9.87. The Bertz CT molecular complexity index is 1330. The Hall–Kier alpha value is -3.75. The minimum Gasteiger partial charge on any atom is -0.495 e. The summed E-state index contributed by atoms with van der Waals surface area (Å²) >= 11 is 0. The van der Waals surface area contributed by atoms with Gasteiger partial charge in [0.2, 0.25) is 0 Å². The van der Waals surface area contributed by atoms with Crippen LogP contribution in [-0.4, -0.2) is 39.6 Å². The fourth-order valence-corrected chi connectivity index (χ4v) is 5.13. The maximum Gasteiger partial charge on any atom is 0.289 e. The third-order valence-corrected chi connectivity index (χ3v) is 6.85. The standard InChI is InChI=1S/C27H26F3N3O3/c1-15-13-32(14-31-15)23-8-7-17(9-24(23)35-3)10-25-27(34)33-21(16(2)36-25)5-4-6-22(33)18-11-19(28)26(30)20(29)12-18/h7-14,16,21-22H,4-6H2,1-3H3/b25-10+/t16-,21-,22+/m1/s1. The Labute approximate surface area is 207 Å². The highest BCUT2D eigenvalue weighted by Crippen LogP contribution is 2.41. The van der Waals surface area contributed by atoms with Crippen molar-refractivity contribution < 1.29 is 27.4 Å². The molecule has 0 N–H and O–H groups in total. The lowest BCUT2D eigenvalue weighted by molar-refractivity contribution is -0.153. The Morgan fingerprint density at radius 2 is 1.89 bits per heavy atom. The van der Waals surface area contributed by atoms with Crippen molar-refractivity contribution in [1.29, 1.82) is 0 Å². The number of nitrogens with zero attached hydrogens (tertiary/aromatic N) is 3. The van der Waals surface area contributed by atoms with Crippen LogP contribution in [0.2, 0.25) is 0 Å². The Morgan fingerprint density at radius 3 is 2.56 bits per heavy atom. The summed E-state index contributed by atoms with van der Waals surface area (Å²) in [7, 11) is 1.56. The van der Waals surface area contributed by atoms with Crippen molar-refractivity contribution >= 4 is 12.0 Å². The number of methoxy groups -OCH3 is 1. The van der Waals surface area contributed by atoms with Gasteiger partial charge < -0.3 is 18.9 Å². The van der Waals surface area contributed by atoms with Crippen LogP contribution in [-0.2, 0) is 9.53 Å². The second-order valence-electron chi connectivity index (χ2n) is 9.21. The zero-order chi connectivity index (χ0) is 25.6. The number of carbonyl (C=O) groups excluding carboxylic acids is 1. The minimum absolute atomic E-state index is 0.127. The highest BCUT2D eigenvalue weighted by atomic mass is 19.2. The van der Waals surface area contributed by atoms with E-state index < -0.39 is 23.5 Å². The zero-order valence-electron chi connectivity index (χ0n) is 20.2. The first-order valence-electron chi connectivity index (χ1n) is 11.8. The van der Waals surface area contributed by atoms with Crippen LogP contribution in [0.5, 0.6) is 5.75 Å². The number of aryl methyl sites for hydroxylation is 1. The Balaban J connectivity index is 1.49. The third-order valence-electron chi connectivity index (χ3n) is 6.85. The van der Waals surface area contributed by atoms with Crippen molar-refractivity contribution in [3.8, 4) is 11.4 Å². The third kappa shape index (κ3) is 4.23. The number of halogens is 3. The summed E-state index contributed by atoms with van der Waals surface area (Å²) in [5, 5.41) is 0. The molecule has 1 amide bonds. The summed E-state index contributed by atoms with van der Waals surface area (Å²) in [6.45, 7) is 3.77. The number of hydrogen-bond donors (Lipinski definition) is 0. The summed E-state index contributed by atoms with van der Waals surface area (Å²) in [4.78, 5) is 19.5. The number of rotatable bonds is 4. The number of imidazole rings is 1. The number of benzene rings is 2. The summed E-state index contributed by atoms with van der Waals surface area (Å²) in [6.07, 6.45) is 6.84. The average Bonchev–Trinajstić information content (AvgIpc) is 3.30. The van der Waals surface area contributed by atoms with Crippen molar-refractivity contribution in [1.82, 2.24) is 14.5 Å². The highest BCUT2D eigenvalue weighted by molar-refractivity contribution is 5.97. The van der Waals surface area contributed by atoms with Crippen LogP contribution in [0.25, 0.3) is 11.8 Å². The van der Waals surface area contributed by atoms with E-state index in [1.54, 1.807) is 30.5 Å². The van der Waals surface area contributed by atoms with Gasteiger partial charge in [-0.05, 0) is 74.6 Å². The van der Waals surface area contributed by atoms with Crippen LogP contribution in [0, 0.1) is 24.4 Å². The molecule has 2 fully saturated rings. The minimum atomic E-state index is -1.52. The van der Waals surface area contributed by atoms with Crippen LogP contribution >= 0.6 is 0 Å². The van der Waals surface area contributed by atoms with Crippen molar-refractivity contribution in [2.24, 2.45) is 0 Å². The van der Waals surface area contributed by atoms with Gasteiger partial charge in [-0.25, -0.2) is 18.2 Å². The molecule has 9 heteroatoms. The topological polar surface area (TPSA) is 56.6 Å². The van der Waals surface area contributed by atoms with E-state index in [4.69, 9.17) is 9.47 Å². The molecule has 0 aliphatic carbocycles. The lowest BCUT2D eigenvalue weighted by Gasteiger charge is -2.48. The Morgan fingerprint density at radius 1 is 1.14 bits per heavy atom. The molecule has 3 heterocycles. The fourth-order valence-electron chi connectivity index (χ4n) is 5.13. The number of ether oxygens (including phenoxy) is 2. The van der Waals surface area contributed by atoms with Gasteiger partial charge in [0.25, 0.3) is 5.91 Å². The van der Waals surface area contributed by atoms with Crippen LogP contribution in [0.3, 0.4) is 0 Å². The van der Waals surface area contributed by atoms with Crippen molar-refractivity contribution in [2.75, 3.05) is 7.11 Å². The molecule has 1 aromatic heterocycles. The number of aromatic nitrogens is 2. The maximum atomic E-state index is 14.0. The number of amides is 1. The maximum absolute atomic E-state index is 14.0. The zero-order valence-corrected chi connectivity index (χ0v) is 20.2. The molecule has 188 valence electrons. The van der Waals surface area contributed by atoms with E-state index >= 15 is 0 Å². The summed E-state index contributed by atoms with van der Waals surface area (Å²) in [5.41, 5.74) is 2.58. The molecule has 0 saturated carbocycles. The predicted molar refractivity (Wildman–Crippen MR) is 127 cm³/mol. The van der Waals surface area contributed by atoms with Gasteiger partial charge in [0.15, 0.2) is 23.2 Å². The van der Waals surface area contributed by atoms with Gasteiger partial charge in [-0.3, -0.25) is 4.79 Å². The van der Waals surface area contributed by atoms with E-state index in [1.807, 2.05) is 36.7 Å². The molecule has 5 rings (SSSR count). The molecule has 3 aromatic rings.